The van der Waals surface area contributed by atoms with Crippen molar-refractivity contribution in [3.8, 4) is 0 Å². The van der Waals surface area contributed by atoms with Crippen LogP contribution in [0.3, 0.4) is 0 Å². The third kappa shape index (κ3) is 3.09. The molecule has 0 saturated heterocycles. The van der Waals surface area contributed by atoms with Gasteiger partial charge in [-0.25, -0.2) is 0 Å². The lowest BCUT2D eigenvalue weighted by molar-refractivity contribution is -0.158. The van der Waals surface area contributed by atoms with E-state index in [2.05, 4.69) is 10.2 Å². The van der Waals surface area contributed by atoms with Gasteiger partial charge in [0, 0.05) is 26.8 Å². The Kier molecular flexibility index (Phi) is 4.04. The van der Waals surface area contributed by atoms with Gasteiger partial charge in [-0.3, -0.25) is 4.79 Å². The summed E-state index contributed by atoms with van der Waals surface area (Å²) in [5.41, 5.74) is -0.656. The summed E-state index contributed by atoms with van der Waals surface area (Å²) in [6, 6.07) is 0. The minimum atomic E-state index is -0.656. The summed E-state index contributed by atoms with van der Waals surface area (Å²) in [6.45, 7) is 1.43. The van der Waals surface area contributed by atoms with Gasteiger partial charge in [0.05, 0.1) is 0 Å². The predicted octanol–water partition coefficient (Wildman–Crippen LogP) is 2.68. The molecule has 0 aromatic rings. The smallest absolute Gasteiger partial charge is 0.304 e. The number of azo groups is 1. The minimum Gasteiger partial charge on any atom is -0.436 e. The van der Waals surface area contributed by atoms with E-state index in [4.69, 9.17) is 4.74 Å². The molecular weight excluding hydrogens is 180 g/mol. The second kappa shape index (κ2) is 5.08. The van der Waals surface area contributed by atoms with Crippen molar-refractivity contribution < 1.29 is 9.53 Å². The van der Waals surface area contributed by atoms with E-state index >= 15 is 0 Å². The van der Waals surface area contributed by atoms with E-state index in [9.17, 15) is 4.79 Å². The highest BCUT2D eigenvalue weighted by molar-refractivity contribution is 5.66. The predicted molar refractivity (Wildman–Crippen MR) is 53.0 cm³/mol. The molecule has 4 nitrogen and oxygen atoms in total. The molecular formula is C10H18N2O2. The summed E-state index contributed by atoms with van der Waals surface area (Å²) in [4.78, 5) is 11.0. The van der Waals surface area contributed by atoms with Crippen LogP contribution in [-0.2, 0) is 9.53 Å². The molecule has 1 saturated carbocycles. The van der Waals surface area contributed by atoms with Crippen molar-refractivity contribution in [1.82, 2.24) is 0 Å². The molecule has 0 aliphatic heterocycles. The van der Waals surface area contributed by atoms with Crippen molar-refractivity contribution in [1.29, 1.82) is 0 Å². The van der Waals surface area contributed by atoms with Crippen molar-refractivity contribution in [2.75, 3.05) is 7.05 Å². The van der Waals surface area contributed by atoms with Crippen LogP contribution in [-0.4, -0.2) is 18.7 Å². The molecule has 0 aromatic heterocycles. The number of esters is 1. The fourth-order valence-electron chi connectivity index (χ4n) is 1.95. The second-order valence-electron chi connectivity index (χ2n) is 3.75. The van der Waals surface area contributed by atoms with E-state index in [1.165, 1.54) is 19.8 Å². The molecule has 1 aliphatic carbocycles. The second-order valence-corrected chi connectivity index (χ2v) is 3.75. The van der Waals surface area contributed by atoms with Crippen LogP contribution in [0.1, 0.15) is 45.4 Å². The summed E-state index contributed by atoms with van der Waals surface area (Å²) >= 11 is 0. The number of hydrogen-bond acceptors (Lipinski definition) is 4. The molecule has 0 aromatic carbocycles. The number of rotatable bonds is 2. The lowest BCUT2D eigenvalue weighted by Crippen LogP contribution is -2.31. The van der Waals surface area contributed by atoms with Gasteiger partial charge >= 0.3 is 5.97 Å². The van der Waals surface area contributed by atoms with Gasteiger partial charge in [0.2, 0.25) is 5.72 Å². The molecule has 0 bridgehead atoms. The molecule has 0 heterocycles. The Labute approximate surface area is 84.7 Å². The van der Waals surface area contributed by atoms with Crippen molar-refractivity contribution in [2.24, 2.45) is 10.2 Å². The first kappa shape index (κ1) is 11.1. The fraction of sp³-hybridized carbons (Fsp3) is 0.900. The Balaban J connectivity index is 2.71. The summed E-state index contributed by atoms with van der Waals surface area (Å²) in [5, 5.41) is 7.87. The van der Waals surface area contributed by atoms with Crippen molar-refractivity contribution in [2.45, 2.75) is 51.2 Å². The highest BCUT2D eigenvalue weighted by atomic mass is 16.6. The maximum absolute atomic E-state index is 11.0. The Bertz CT molecular complexity index is 218. The standard InChI is InChI=1S/C10H18N2O2/c1-9(13)14-10(12-11-2)7-5-3-4-6-8-10/h3-8H2,1-2H3. The highest BCUT2D eigenvalue weighted by Crippen LogP contribution is 2.32. The van der Waals surface area contributed by atoms with Gasteiger partial charge in [-0.15, -0.1) is 5.11 Å². The van der Waals surface area contributed by atoms with Gasteiger partial charge in [0.25, 0.3) is 0 Å². The normalized spacial score (nSPS) is 21.9. The van der Waals surface area contributed by atoms with E-state index in [-0.39, 0.29) is 5.97 Å². The van der Waals surface area contributed by atoms with E-state index in [1.807, 2.05) is 0 Å². The Morgan fingerprint density at radius 2 is 1.79 bits per heavy atom. The van der Waals surface area contributed by atoms with Crippen molar-refractivity contribution in [3.05, 3.63) is 0 Å². The zero-order valence-electron chi connectivity index (χ0n) is 8.95. The first-order chi connectivity index (χ1) is 6.68. The molecule has 0 N–H and O–H groups in total. The summed E-state index contributed by atoms with van der Waals surface area (Å²) in [6.07, 6.45) is 6.14. The molecule has 1 fully saturated rings. The summed E-state index contributed by atoms with van der Waals surface area (Å²) in [5.74, 6) is -0.265. The van der Waals surface area contributed by atoms with Crippen LogP contribution in [0.2, 0.25) is 0 Å². The van der Waals surface area contributed by atoms with Gasteiger partial charge in [-0.1, -0.05) is 12.8 Å². The first-order valence-corrected chi connectivity index (χ1v) is 5.19. The minimum absolute atomic E-state index is 0.265. The van der Waals surface area contributed by atoms with Crippen LogP contribution < -0.4 is 0 Å². The monoisotopic (exact) mass is 198 g/mol. The van der Waals surface area contributed by atoms with Gasteiger partial charge < -0.3 is 4.74 Å². The molecule has 0 spiro atoms. The fourth-order valence-corrected chi connectivity index (χ4v) is 1.95. The number of hydrogen-bond donors (Lipinski definition) is 0. The highest BCUT2D eigenvalue weighted by Gasteiger charge is 2.33. The van der Waals surface area contributed by atoms with Crippen LogP contribution in [0, 0.1) is 0 Å². The average molecular weight is 198 g/mol. The maximum atomic E-state index is 11.0. The van der Waals surface area contributed by atoms with E-state index in [1.54, 1.807) is 7.05 Å². The average Bonchev–Trinajstić information content (AvgIpc) is 2.30. The largest absolute Gasteiger partial charge is 0.436 e. The molecule has 0 unspecified atom stereocenters. The molecule has 14 heavy (non-hydrogen) atoms. The molecule has 80 valence electrons. The summed E-state index contributed by atoms with van der Waals surface area (Å²) in [7, 11) is 1.62. The molecule has 1 rings (SSSR count). The van der Waals surface area contributed by atoms with Crippen LogP contribution in [0.5, 0.6) is 0 Å². The van der Waals surface area contributed by atoms with E-state index in [0.29, 0.717) is 0 Å². The summed E-state index contributed by atoms with van der Waals surface area (Å²) < 4.78 is 5.30. The van der Waals surface area contributed by atoms with Crippen molar-refractivity contribution in [3.63, 3.8) is 0 Å². The van der Waals surface area contributed by atoms with Crippen LogP contribution in [0.25, 0.3) is 0 Å². The molecule has 0 amide bonds. The number of ether oxygens (including phenoxy) is 1. The van der Waals surface area contributed by atoms with Gasteiger partial charge in [-0.05, 0) is 12.8 Å². The zero-order valence-corrected chi connectivity index (χ0v) is 8.95. The number of nitrogens with zero attached hydrogens (tertiary/aromatic N) is 2. The van der Waals surface area contributed by atoms with Crippen LogP contribution >= 0.6 is 0 Å². The third-order valence-corrected chi connectivity index (χ3v) is 2.50. The first-order valence-electron chi connectivity index (χ1n) is 5.19. The van der Waals surface area contributed by atoms with Crippen LogP contribution in [0.4, 0.5) is 0 Å². The SMILES string of the molecule is CN=NC1(OC(C)=O)CCCCCC1. The lowest BCUT2D eigenvalue weighted by atomic mass is 10.1. The quantitative estimate of drug-likeness (QED) is 0.389. The lowest BCUT2D eigenvalue weighted by Gasteiger charge is -2.26. The Morgan fingerprint density at radius 1 is 1.21 bits per heavy atom. The molecule has 1 aliphatic rings. The van der Waals surface area contributed by atoms with Gasteiger partial charge in [-0.2, -0.15) is 5.11 Å². The molecule has 0 atom stereocenters. The van der Waals surface area contributed by atoms with E-state index in [0.717, 1.165) is 25.7 Å². The Hall–Kier alpha value is -0.930. The van der Waals surface area contributed by atoms with Gasteiger partial charge in [0.15, 0.2) is 0 Å². The zero-order chi connectivity index (χ0) is 10.4. The molecule has 0 radical (unpaired) electrons. The van der Waals surface area contributed by atoms with Crippen molar-refractivity contribution >= 4 is 5.97 Å². The van der Waals surface area contributed by atoms with Crippen LogP contribution in [0.15, 0.2) is 10.2 Å². The third-order valence-electron chi connectivity index (χ3n) is 2.50. The number of carbonyl (C=O) groups is 1. The number of carbonyl (C=O) groups excluding carboxylic acids is 1. The molecule has 4 heteroatoms. The van der Waals surface area contributed by atoms with Gasteiger partial charge in [0.1, 0.15) is 0 Å². The van der Waals surface area contributed by atoms with E-state index < -0.39 is 5.72 Å². The Morgan fingerprint density at radius 3 is 2.21 bits per heavy atom. The topological polar surface area (TPSA) is 51.0 Å². The maximum Gasteiger partial charge on any atom is 0.304 e.